The lowest BCUT2D eigenvalue weighted by Crippen LogP contribution is -2.25. The summed E-state index contributed by atoms with van der Waals surface area (Å²) < 4.78 is 5.10. The number of fused-ring (bicyclic) bond motifs is 1. The first kappa shape index (κ1) is 16.1. The molecule has 0 aromatic carbocycles. The van der Waals surface area contributed by atoms with Gasteiger partial charge in [-0.2, -0.15) is 0 Å². The molecular formula is C16H23ClN2O2. The first-order valence-electron chi connectivity index (χ1n) is 7.31. The Hall–Kier alpha value is -1.26. The molecule has 4 nitrogen and oxygen atoms in total. The topological polar surface area (TPSA) is 68.1 Å². The van der Waals surface area contributed by atoms with Crippen LogP contribution in [0, 0.1) is 12.3 Å². The van der Waals surface area contributed by atoms with Crippen LogP contribution in [0.5, 0.6) is 0 Å². The van der Waals surface area contributed by atoms with Gasteiger partial charge in [-0.1, -0.05) is 25.4 Å². The summed E-state index contributed by atoms with van der Waals surface area (Å²) >= 11 is 6.63. The van der Waals surface area contributed by atoms with E-state index in [1.807, 2.05) is 6.92 Å². The summed E-state index contributed by atoms with van der Waals surface area (Å²) in [5.74, 6) is -0.327. The number of H-pyrrole nitrogens is 1. The van der Waals surface area contributed by atoms with Gasteiger partial charge in [-0.25, -0.2) is 4.79 Å². The number of hydrogen-bond acceptors (Lipinski definition) is 3. The van der Waals surface area contributed by atoms with Crippen molar-refractivity contribution in [2.45, 2.75) is 40.5 Å². The average Bonchev–Trinajstić information content (AvgIpc) is 2.71. The van der Waals surface area contributed by atoms with E-state index in [2.05, 4.69) is 18.8 Å². The van der Waals surface area contributed by atoms with Crippen molar-refractivity contribution >= 4 is 22.6 Å². The number of nitrogens with two attached hydrogens (primary N) is 1. The Bertz CT molecular complexity index is 600. The van der Waals surface area contributed by atoms with Crippen LogP contribution in [0.15, 0.2) is 5.57 Å². The minimum Gasteiger partial charge on any atom is -0.461 e. The number of carbonyl (C=O) groups excluding carboxylic acids is 1. The summed E-state index contributed by atoms with van der Waals surface area (Å²) in [5, 5.41) is 0.732. The molecule has 0 aliphatic heterocycles. The SMILES string of the molecule is CCOC(=O)c1[nH]c2c(c1C)C(Cl)=C(CCN)C(C)(C)C2. The van der Waals surface area contributed by atoms with Gasteiger partial charge in [-0.15, -0.1) is 0 Å². The Labute approximate surface area is 130 Å². The van der Waals surface area contributed by atoms with E-state index in [0.29, 0.717) is 18.8 Å². The number of halogens is 1. The Morgan fingerprint density at radius 3 is 2.71 bits per heavy atom. The van der Waals surface area contributed by atoms with Gasteiger partial charge in [-0.05, 0) is 49.8 Å². The van der Waals surface area contributed by atoms with E-state index in [1.165, 1.54) is 0 Å². The molecule has 0 atom stereocenters. The molecule has 0 spiro atoms. The van der Waals surface area contributed by atoms with Crippen molar-refractivity contribution in [3.63, 3.8) is 0 Å². The fourth-order valence-corrected chi connectivity index (χ4v) is 3.69. The highest BCUT2D eigenvalue weighted by atomic mass is 35.5. The van der Waals surface area contributed by atoms with Crippen LogP contribution < -0.4 is 5.73 Å². The van der Waals surface area contributed by atoms with Crippen molar-refractivity contribution in [3.8, 4) is 0 Å². The first-order chi connectivity index (χ1) is 9.83. The lowest BCUT2D eigenvalue weighted by atomic mass is 9.73. The molecule has 1 aromatic rings. The summed E-state index contributed by atoms with van der Waals surface area (Å²) in [4.78, 5) is 15.2. The van der Waals surface area contributed by atoms with Crippen LogP contribution in [-0.2, 0) is 11.2 Å². The van der Waals surface area contributed by atoms with Crippen molar-refractivity contribution in [3.05, 3.63) is 28.1 Å². The van der Waals surface area contributed by atoms with Gasteiger partial charge in [0, 0.05) is 16.3 Å². The highest BCUT2D eigenvalue weighted by Gasteiger charge is 2.35. The number of aromatic amines is 1. The van der Waals surface area contributed by atoms with E-state index in [1.54, 1.807) is 6.92 Å². The van der Waals surface area contributed by atoms with Gasteiger partial charge in [0.2, 0.25) is 0 Å². The zero-order valence-corrected chi connectivity index (χ0v) is 13.9. The molecule has 0 fully saturated rings. The smallest absolute Gasteiger partial charge is 0.355 e. The fraction of sp³-hybridized carbons (Fsp3) is 0.562. The van der Waals surface area contributed by atoms with Crippen molar-refractivity contribution in [2.24, 2.45) is 11.1 Å². The maximum absolute atomic E-state index is 12.0. The standard InChI is InChI=1S/C16H23ClN2O2/c1-5-21-15(20)14-9(2)12-11(19-14)8-16(3,4)10(6-7-18)13(12)17/h19H,5-8,18H2,1-4H3. The Kier molecular flexibility index (Phi) is 4.49. The summed E-state index contributed by atoms with van der Waals surface area (Å²) in [7, 11) is 0. The van der Waals surface area contributed by atoms with E-state index in [4.69, 9.17) is 22.1 Å². The minimum atomic E-state index is -0.327. The molecule has 0 amide bonds. The number of carbonyl (C=O) groups is 1. The predicted molar refractivity (Wildman–Crippen MR) is 85.4 cm³/mol. The Morgan fingerprint density at radius 1 is 1.48 bits per heavy atom. The van der Waals surface area contributed by atoms with Crippen LogP contribution in [0.1, 0.15) is 54.5 Å². The Morgan fingerprint density at radius 2 is 2.14 bits per heavy atom. The number of hydrogen-bond donors (Lipinski definition) is 2. The van der Waals surface area contributed by atoms with Crippen molar-refractivity contribution in [1.29, 1.82) is 0 Å². The molecule has 5 heteroatoms. The molecule has 0 bridgehead atoms. The highest BCUT2D eigenvalue weighted by molar-refractivity contribution is 6.50. The van der Waals surface area contributed by atoms with Gasteiger partial charge in [0.15, 0.2) is 0 Å². The predicted octanol–water partition coefficient (Wildman–Crippen LogP) is 3.38. The van der Waals surface area contributed by atoms with E-state index >= 15 is 0 Å². The van der Waals surface area contributed by atoms with Crippen molar-refractivity contribution in [2.75, 3.05) is 13.2 Å². The average molecular weight is 311 g/mol. The number of ether oxygens (including phenoxy) is 1. The molecule has 0 unspecified atom stereocenters. The number of nitrogens with one attached hydrogen (secondary N) is 1. The van der Waals surface area contributed by atoms with Crippen LogP contribution in [0.2, 0.25) is 0 Å². The maximum atomic E-state index is 12.0. The molecule has 2 rings (SSSR count). The van der Waals surface area contributed by atoms with Gasteiger partial charge >= 0.3 is 5.97 Å². The van der Waals surface area contributed by atoms with Crippen LogP contribution in [-0.4, -0.2) is 24.1 Å². The highest BCUT2D eigenvalue weighted by Crippen LogP contribution is 2.47. The summed E-state index contributed by atoms with van der Waals surface area (Å²) in [6.45, 7) is 8.94. The molecule has 3 N–H and O–H groups in total. The van der Waals surface area contributed by atoms with Crippen LogP contribution in [0.25, 0.3) is 5.03 Å². The summed E-state index contributed by atoms with van der Waals surface area (Å²) in [6.07, 6.45) is 1.58. The molecule has 1 aliphatic rings. The lowest BCUT2D eigenvalue weighted by molar-refractivity contribution is 0.0519. The molecule has 1 aromatic heterocycles. The van der Waals surface area contributed by atoms with Gasteiger partial charge < -0.3 is 15.5 Å². The molecule has 0 radical (unpaired) electrons. The Balaban J connectivity index is 2.55. The third-order valence-electron chi connectivity index (χ3n) is 4.12. The van der Waals surface area contributed by atoms with Gasteiger partial charge in [0.1, 0.15) is 5.69 Å². The zero-order chi connectivity index (χ0) is 15.8. The largest absolute Gasteiger partial charge is 0.461 e. The molecule has 116 valence electrons. The third kappa shape index (κ3) is 2.74. The van der Waals surface area contributed by atoms with Gasteiger partial charge in [0.05, 0.1) is 6.61 Å². The molecular weight excluding hydrogens is 288 g/mol. The van der Waals surface area contributed by atoms with Crippen LogP contribution in [0.3, 0.4) is 0 Å². The summed E-state index contributed by atoms with van der Waals surface area (Å²) in [5.41, 5.74) is 10.1. The van der Waals surface area contributed by atoms with E-state index in [0.717, 1.165) is 40.3 Å². The van der Waals surface area contributed by atoms with Crippen molar-refractivity contribution < 1.29 is 9.53 Å². The molecule has 0 saturated carbocycles. The first-order valence-corrected chi connectivity index (χ1v) is 7.69. The number of aromatic nitrogens is 1. The van der Waals surface area contributed by atoms with E-state index in [9.17, 15) is 4.79 Å². The molecule has 1 heterocycles. The van der Waals surface area contributed by atoms with E-state index in [-0.39, 0.29) is 11.4 Å². The molecule has 1 aliphatic carbocycles. The monoisotopic (exact) mass is 310 g/mol. The van der Waals surface area contributed by atoms with Gasteiger partial charge in [-0.3, -0.25) is 0 Å². The lowest BCUT2D eigenvalue weighted by Gasteiger charge is -2.33. The van der Waals surface area contributed by atoms with E-state index < -0.39 is 0 Å². The normalized spacial score (nSPS) is 16.9. The van der Waals surface area contributed by atoms with Crippen LogP contribution in [0.4, 0.5) is 0 Å². The van der Waals surface area contributed by atoms with Gasteiger partial charge in [0.25, 0.3) is 0 Å². The quantitative estimate of drug-likeness (QED) is 0.838. The summed E-state index contributed by atoms with van der Waals surface area (Å²) in [6, 6.07) is 0. The minimum absolute atomic E-state index is 0.0628. The second-order valence-electron chi connectivity index (χ2n) is 6.09. The zero-order valence-electron chi connectivity index (χ0n) is 13.1. The number of rotatable bonds is 4. The van der Waals surface area contributed by atoms with Crippen molar-refractivity contribution in [1.82, 2.24) is 4.98 Å². The fourth-order valence-electron chi connectivity index (χ4n) is 3.08. The molecule has 0 saturated heterocycles. The molecule has 21 heavy (non-hydrogen) atoms. The second kappa shape index (κ2) is 5.85. The third-order valence-corrected chi connectivity index (χ3v) is 4.54. The number of esters is 1. The second-order valence-corrected chi connectivity index (χ2v) is 6.47. The maximum Gasteiger partial charge on any atom is 0.355 e. The van der Waals surface area contributed by atoms with Crippen LogP contribution >= 0.6 is 11.6 Å².